The number of hydrogen-bond acceptors (Lipinski definition) is 5. The van der Waals surface area contributed by atoms with Crippen molar-refractivity contribution < 1.29 is 29.0 Å². The lowest BCUT2D eigenvalue weighted by molar-refractivity contribution is -0.159. The molecule has 1 unspecified atom stereocenters. The lowest BCUT2D eigenvalue weighted by Gasteiger charge is -2.23. The molecule has 2 aromatic rings. The zero-order valence-corrected chi connectivity index (χ0v) is 17.2. The first-order valence-corrected chi connectivity index (χ1v) is 9.71. The van der Waals surface area contributed by atoms with Crippen molar-refractivity contribution >= 4 is 18.0 Å². The monoisotopic (exact) mass is 411 g/mol. The second-order valence-corrected chi connectivity index (χ2v) is 8.18. The van der Waals surface area contributed by atoms with Gasteiger partial charge in [0.05, 0.1) is 6.42 Å². The summed E-state index contributed by atoms with van der Waals surface area (Å²) in [6.45, 7) is 5.00. The number of hydrogen-bond donors (Lipinski definition) is 2. The van der Waals surface area contributed by atoms with Crippen molar-refractivity contribution in [1.29, 1.82) is 0 Å². The SMILES string of the molecule is CC(C)(C)OC(=O)C(CC(=O)O)NC(=O)OCc1cccc2c1Cc1ccccc1-2. The van der Waals surface area contributed by atoms with Gasteiger partial charge in [0.25, 0.3) is 0 Å². The average molecular weight is 411 g/mol. The third kappa shape index (κ3) is 5.17. The number of carbonyl (C=O) groups excluding carboxylic acids is 2. The second kappa shape index (κ2) is 8.57. The normalized spacial score (nSPS) is 13.0. The highest BCUT2D eigenvalue weighted by molar-refractivity contribution is 5.86. The maximum absolute atomic E-state index is 12.3. The predicted octanol–water partition coefficient (Wildman–Crippen LogP) is 3.67. The Morgan fingerprint density at radius 1 is 1.07 bits per heavy atom. The summed E-state index contributed by atoms with van der Waals surface area (Å²) >= 11 is 0. The zero-order valence-electron chi connectivity index (χ0n) is 17.2. The topological polar surface area (TPSA) is 102 Å². The number of fused-ring (bicyclic) bond motifs is 3. The third-order valence-electron chi connectivity index (χ3n) is 4.67. The highest BCUT2D eigenvalue weighted by atomic mass is 16.6. The van der Waals surface area contributed by atoms with Gasteiger partial charge in [0.2, 0.25) is 0 Å². The van der Waals surface area contributed by atoms with E-state index in [1.807, 2.05) is 30.3 Å². The Morgan fingerprint density at radius 3 is 2.47 bits per heavy atom. The summed E-state index contributed by atoms with van der Waals surface area (Å²) in [6.07, 6.45) is -0.716. The van der Waals surface area contributed by atoms with Crippen LogP contribution in [0.5, 0.6) is 0 Å². The number of carboxylic acid groups (broad SMARTS) is 1. The van der Waals surface area contributed by atoms with Crippen LogP contribution < -0.4 is 5.32 Å². The van der Waals surface area contributed by atoms with Crippen molar-refractivity contribution in [2.24, 2.45) is 0 Å². The van der Waals surface area contributed by atoms with Gasteiger partial charge < -0.3 is 19.9 Å². The number of rotatable bonds is 6. The minimum Gasteiger partial charge on any atom is -0.481 e. The Balaban J connectivity index is 1.65. The molecule has 2 aromatic carbocycles. The van der Waals surface area contributed by atoms with E-state index >= 15 is 0 Å². The highest BCUT2D eigenvalue weighted by Crippen LogP contribution is 2.38. The first kappa shape index (κ1) is 21.4. The van der Waals surface area contributed by atoms with Crippen LogP contribution in [0.3, 0.4) is 0 Å². The van der Waals surface area contributed by atoms with Gasteiger partial charge >= 0.3 is 18.0 Å². The number of ether oxygens (including phenoxy) is 2. The molecular weight excluding hydrogens is 386 g/mol. The maximum atomic E-state index is 12.3. The predicted molar refractivity (Wildman–Crippen MR) is 110 cm³/mol. The van der Waals surface area contributed by atoms with Gasteiger partial charge in [-0.2, -0.15) is 0 Å². The quantitative estimate of drug-likeness (QED) is 0.600. The Morgan fingerprint density at radius 2 is 1.77 bits per heavy atom. The first-order chi connectivity index (χ1) is 14.1. The summed E-state index contributed by atoms with van der Waals surface area (Å²) in [4.78, 5) is 35.6. The highest BCUT2D eigenvalue weighted by Gasteiger charge is 2.29. The van der Waals surface area contributed by atoms with E-state index in [2.05, 4.69) is 17.4 Å². The van der Waals surface area contributed by atoms with Gasteiger partial charge in [-0.25, -0.2) is 9.59 Å². The van der Waals surface area contributed by atoms with Crippen LogP contribution in [0.25, 0.3) is 11.1 Å². The summed E-state index contributed by atoms with van der Waals surface area (Å²) in [5.74, 6) is -2.05. The number of alkyl carbamates (subject to hydrolysis) is 1. The average Bonchev–Trinajstić information content (AvgIpc) is 3.03. The standard InChI is InChI=1S/C23H25NO6/c1-23(2,3)30-21(27)19(12-20(25)26)24-22(28)29-13-15-8-6-10-17-16-9-5-4-7-14(16)11-18(15)17/h4-10,19H,11-13H2,1-3H3,(H,24,28)(H,25,26). The molecule has 3 rings (SSSR count). The van der Waals surface area contributed by atoms with Gasteiger partial charge in [-0.1, -0.05) is 42.5 Å². The van der Waals surface area contributed by atoms with Crippen LogP contribution in [0.2, 0.25) is 0 Å². The van der Waals surface area contributed by atoms with Crippen LogP contribution in [-0.2, 0) is 32.1 Å². The number of benzene rings is 2. The molecule has 1 amide bonds. The van der Waals surface area contributed by atoms with Crippen molar-refractivity contribution in [3.63, 3.8) is 0 Å². The van der Waals surface area contributed by atoms with E-state index in [4.69, 9.17) is 14.6 Å². The fraction of sp³-hybridized carbons (Fsp3) is 0.348. The maximum Gasteiger partial charge on any atom is 0.408 e. The molecule has 0 bridgehead atoms. The van der Waals surface area contributed by atoms with E-state index in [-0.39, 0.29) is 6.61 Å². The van der Waals surface area contributed by atoms with Crippen LogP contribution >= 0.6 is 0 Å². The molecule has 0 spiro atoms. The molecular formula is C23H25NO6. The van der Waals surface area contributed by atoms with Gasteiger partial charge in [-0.15, -0.1) is 0 Å². The third-order valence-corrected chi connectivity index (χ3v) is 4.67. The Hall–Kier alpha value is -3.35. The minimum atomic E-state index is -1.33. The number of aliphatic carboxylic acids is 1. The van der Waals surface area contributed by atoms with Gasteiger partial charge in [-0.05, 0) is 55.0 Å². The van der Waals surface area contributed by atoms with Crippen LogP contribution in [0.1, 0.15) is 43.9 Å². The Labute approximate surface area is 175 Å². The summed E-state index contributed by atoms with van der Waals surface area (Å²) < 4.78 is 10.5. The Kier molecular flexibility index (Phi) is 6.10. The van der Waals surface area contributed by atoms with Crippen molar-refractivity contribution in [3.8, 4) is 11.1 Å². The molecule has 7 heteroatoms. The van der Waals surface area contributed by atoms with Gasteiger partial charge in [0, 0.05) is 0 Å². The van der Waals surface area contributed by atoms with E-state index in [0.717, 1.165) is 23.1 Å². The van der Waals surface area contributed by atoms with Crippen molar-refractivity contribution in [2.45, 2.75) is 51.9 Å². The Bertz CT molecular complexity index is 976. The molecule has 0 saturated heterocycles. The van der Waals surface area contributed by atoms with Crippen LogP contribution in [-0.4, -0.2) is 34.8 Å². The fourth-order valence-electron chi connectivity index (χ4n) is 3.43. The van der Waals surface area contributed by atoms with Crippen LogP contribution in [0.4, 0.5) is 4.79 Å². The molecule has 158 valence electrons. The number of carboxylic acids is 1. The van der Waals surface area contributed by atoms with E-state index in [0.29, 0.717) is 0 Å². The number of esters is 1. The molecule has 1 aliphatic carbocycles. The number of amides is 1. The second-order valence-electron chi connectivity index (χ2n) is 8.18. The van der Waals surface area contributed by atoms with E-state index in [1.165, 1.54) is 11.1 Å². The molecule has 1 atom stereocenters. The van der Waals surface area contributed by atoms with Gasteiger partial charge in [-0.3, -0.25) is 4.79 Å². The van der Waals surface area contributed by atoms with Crippen molar-refractivity contribution in [1.82, 2.24) is 5.32 Å². The molecule has 0 saturated carbocycles. The molecule has 2 N–H and O–H groups in total. The summed E-state index contributed by atoms with van der Waals surface area (Å²) in [5.41, 5.74) is 4.66. The fourth-order valence-corrected chi connectivity index (χ4v) is 3.43. The summed E-state index contributed by atoms with van der Waals surface area (Å²) in [6, 6.07) is 12.6. The molecule has 0 heterocycles. The lowest BCUT2D eigenvalue weighted by atomic mass is 10.0. The number of carbonyl (C=O) groups is 3. The first-order valence-electron chi connectivity index (χ1n) is 9.71. The molecule has 7 nitrogen and oxygen atoms in total. The van der Waals surface area contributed by atoms with Gasteiger partial charge in [0.15, 0.2) is 0 Å². The number of nitrogens with one attached hydrogen (secondary N) is 1. The molecule has 0 aromatic heterocycles. The van der Waals surface area contributed by atoms with E-state index in [1.54, 1.807) is 20.8 Å². The summed E-state index contributed by atoms with van der Waals surface area (Å²) in [5, 5.41) is 11.4. The van der Waals surface area contributed by atoms with Crippen molar-refractivity contribution in [2.75, 3.05) is 0 Å². The molecule has 1 aliphatic rings. The van der Waals surface area contributed by atoms with Crippen LogP contribution in [0.15, 0.2) is 42.5 Å². The zero-order chi connectivity index (χ0) is 21.9. The largest absolute Gasteiger partial charge is 0.481 e. The lowest BCUT2D eigenvalue weighted by Crippen LogP contribution is -2.45. The minimum absolute atomic E-state index is 0.0110. The van der Waals surface area contributed by atoms with Crippen LogP contribution in [0, 0.1) is 0 Å². The molecule has 0 radical (unpaired) electrons. The van der Waals surface area contributed by atoms with Crippen molar-refractivity contribution in [3.05, 3.63) is 59.2 Å². The van der Waals surface area contributed by atoms with E-state index < -0.39 is 36.1 Å². The van der Waals surface area contributed by atoms with E-state index in [9.17, 15) is 14.4 Å². The molecule has 0 fully saturated rings. The molecule has 0 aliphatic heterocycles. The summed E-state index contributed by atoms with van der Waals surface area (Å²) in [7, 11) is 0. The smallest absolute Gasteiger partial charge is 0.408 e. The molecule has 30 heavy (non-hydrogen) atoms. The van der Waals surface area contributed by atoms with Gasteiger partial charge in [0.1, 0.15) is 18.2 Å².